The maximum atomic E-state index is 11.7. The van der Waals surface area contributed by atoms with Crippen molar-refractivity contribution in [3.8, 4) is 11.5 Å². The van der Waals surface area contributed by atoms with E-state index in [2.05, 4.69) is 28.9 Å². The summed E-state index contributed by atoms with van der Waals surface area (Å²) in [6.45, 7) is 5.12. The summed E-state index contributed by atoms with van der Waals surface area (Å²) in [5.41, 5.74) is 2.56. The zero-order valence-corrected chi connectivity index (χ0v) is 15.7. The Morgan fingerprint density at radius 2 is 1.89 bits per heavy atom. The van der Waals surface area contributed by atoms with E-state index in [-0.39, 0.29) is 11.8 Å². The van der Waals surface area contributed by atoms with Crippen LogP contribution in [0.15, 0.2) is 36.5 Å². The smallest absolute Gasteiger partial charge is 0.231 e. The monoisotopic (exact) mass is 366 g/mol. The number of ether oxygens (including phenoxy) is 2. The van der Waals surface area contributed by atoms with Gasteiger partial charge in [-0.2, -0.15) is 0 Å². The van der Waals surface area contributed by atoms with Crippen molar-refractivity contribution in [1.82, 2.24) is 9.88 Å². The zero-order chi connectivity index (χ0) is 18.4. The van der Waals surface area contributed by atoms with Crippen molar-refractivity contribution in [2.24, 2.45) is 11.8 Å². The van der Waals surface area contributed by atoms with Crippen molar-refractivity contribution in [3.63, 3.8) is 0 Å². The van der Waals surface area contributed by atoms with Crippen molar-refractivity contribution in [3.05, 3.63) is 53.3 Å². The second-order valence-electron chi connectivity index (χ2n) is 8.19. The molecule has 2 bridgehead atoms. The molecule has 1 saturated carbocycles. The second-order valence-corrected chi connectivity index (χ2v) is 8.19. The normalized spacial score (nSPS) is 29.7. The first kappa shape index (κ1) is 17.0. The number of aliphatic hydroxyl groups is 1. The van der Waals surface area contributed by atoms with Gasteiger partial charge in [-0.3, -0.25) is 9.88 Å². The van der Waals surface area contributed by atoms with E-state index in [0.717, 1.165) is 49.7 Å². The average Bonchev–Trinajstić information content (AvgIpc) is 3.10. The topological polar surface area (TPSA) is 54.8 Å². The van der Waals surface area contributed by atoms with E-state index in [9.17, 15) is 5.11 Å². The molecular formula is C22H26N2O3. The highest BCUT2D eigenvalue weighted by molar-refractivity contribution is 5.48. The second kappa shape index (κ2) is 6.50. The average molecular weight is 366 g/mol. The predicted octanol–water partition coefficient (Wildman–Crippen LogP) is 3.24. The summed E-state index contributed by atoms with van der Waals surface area (Å²) >= 11 is 0. The number of aromatic nitrogens is 1. The van der Waals surface area contributed by atoms with Crippen LogP contribution in [0.4, 0.5) is 0 Å². The van der Waals surface area contributed by atoms with Gasteiger partial charge in [-0.25, -0.2) is 0 Å². The highest BCUT2D eigenvalue weighted by atomic mass is 16.7. The van der Waals surface area contributed by atoms with Crippen LogP contribution in [-0.4, -0.2) is 34.9 Å². The van der Waals surface area contributed by atoms with Crippen LogP contribution >= 0.6 is 0 Å². The van der Waals surface area contributed by atoms with Crippen LogP contribution < -0.4 is 9.47 Å². The van der Waals surface area contributed by atoms with Crippen LogP contribution in [0.5, 0.6) is 11.5 Å². The minimum absolute atomic E-state index is 0.231. The highest BCUT2D eigenvalue weighted by Crippen LogP contribution is 2.49. The molecule has 2 aromatic rings. The van der Waals surface area contributed by atoms with E-state index in [1.165, 1.54) is 17.5 Å². The van der Waals surface area contributed by atoms with Gasteiger partial charge in [-0.15, -0.1) is 0 Å². The molecule has 1 aromatic heterocycles. The number of benzene rings is 1. The van der Waals surface area contributed by atoms with Crippen LogP contribution in [-0.2, 0) is 12.1 Å². The zero-order valence-electron chi connectivity index (χ0n) is 15.7. The van der Waals surface area contributed by atoms with E-state index in [0.29, 0.717) is 6.79 Å². The van der Waals surface area contributed by atoms with E-state index in [1.54, 1.807) is 6.20 Å². The molecule has 2 atom stereocenters. The molecule has 27 heavy (non-hydrogen) atoms. The standard InChI is InChI=1S/C22H26N2O3/c1-15-9-19-20(27-14-26-19)10-16(15)11-24-12-17-5-4-6-18(13-24)22(17,25)21-7-2-3-8-23-21/h2-3,7-10,17-18,25H,4-6,11-14H2,1H3/t17-,18-/m1/s1. The molecule has 1 saturated heterocycles. The Morgan fingerprint density at radius 1 is 1.15 bits per heavy atom. The maximum Gasteiger partial charge on any atom is 0.231 e. The molecule has 0 amide bonds. The van der Waals surface area contributed by atoms with Gasteiger partial charge < -0.3 is 14.6 Å². The molecule has 2 aliphatic heterocycles. The number of aryl methyl sites for hydroxylation is 1. The van der Waals surface area contributed by atoms with Gasteiger partial charge >= 0.3 is 0 Å². The van der Waals surface area contributed by atoms with Crippen molar-refractivity contribution in [2.45, 2.75) is 38.3 Å². The molecule has 1 aromatic carbocycles. The summed E-state index contributed by atoms with van der Waals surface area (Å²) in [6.07, 6.45) is 5.10. The lowest BCUT2D eigenvalue weighted by Crippen LogP contribution is -2.58. The van der Waals surface area contributed by atoms with Crippen molar-refractivity contribution in [2.75, 3.05) is 19.9 Å². The molecule has 5 heteroatoms. The number of pyridine rings is 1. The Hall–Kier alpha value is -2.11. The Balaban J connectivity index is 1.39. The van der Waals surface area contributed by atoms with Crippen LogP contribution in [0.1, 0.15) is 36.1 Å². The molecule has 1 N–H and O–H groups in total. The van der Waals surface area contributed by atoms with Crippen molar-refractivity contribution < 1.29 is 14.6 Å². The molecule has 3 aliphatic rings. The Morgan fingerprint density at radius 3 is 2.59 bits per heavy atom. The molecule has 142 valence electrons. The van der Waals surface area contributed by atoms with E-state index >= 15 is 0 Å². The van der Waals surface area contributed by atoms with Crippen molar-refractivity contribution in [1.29, 1.82) is 0 Å². The molecule has 0 radical (unpaired) electrons. The number of hydrogen-bond acceptors (Lipinski definition) is 5. The third kappa shape index (κ3) is 2.80. The number of fused-ring (bicyclic) bond motifs is 3. The lowest BCUT2D eigenvalue weighted by Gasteiger charge is -2.52. The van der Waals surface area contributed by atoms with Crippen LogP contribution in [0.3, 0.4) is 0 Å². The SMILES string of the molecule is Cc1cc2c(cc1CN1C[C@H]3CCC[C@H](C1)C3(O)c1ccccn1)OCO2. The number of hydrogen-bond donors (Lipinski definition) is 1. The summed E-state index contributed by atoms with van der Waals surface area (Å²) in [6, 6.07) is 10.1. The molecule has 5 nitrogen and oxygen atoms in total. The van der Waals surface area contributed by atoms with Gasteiger partial charge in [0.15, 0.2) is 11.5 Å². The van der Waals surface area contributed by atoms with Crippen LogP contribution in [0.25, 0.3) is 0 Å². The van der Waals surface area contributed by atoms with Gasteiger partial charge in [0, 0.05) is 37.7 Å². The van der Waals surface area contributed by atoms with Gasteiger partial charge in [-0.1, -0.05) is 12.5 Å². The van der Waals surface area contributed by atoms with Crippen LogP contribution in [0, 0.1) is 18.8 Å². The first-order chi connectivity index (χ1) is 13.1. The number of piperidine rings is 1. The number of nitrogens with zero attached hydrogens (tertiary/aromatic N) is 2. The molecule has 5 rings (SSSR count). The fourth-order valence-electron chi connectivity index (χ4n) is 5.19. The van der Waals surface area contributed by atoms with E-state index in [1.807, 2.05) is 18.2 Å². The van der Waals surface area contributed by atoms with E-state index in [4.69, 9.17) is 9.47 Å². The quantitative estimate of drug-likeness (QED) is 0.904. The third-order valence-electron chi connectivity index (χ3n) is 6.61. The summed E-state index contributed by atoms with van der Waals surface area (Å²) < 4.78 is 11.0. The highest BCUT2D eigenvalue weighted by Gasteiger charge is 2.52. The van der Waals surface area contributed by atoms with E-state index < -0.39 is 5.60 Å². The molecule has 0 spiro atoms. The predicted molar refractivity (Wildman–Crippen MR) is 102 cm³/mol. The number of rotatable bonds is 3. The Bertz CT molecular complexity index is 825. The Labute approximate surface area is 159 Å². The minimum Gasteiger partial charge on any atom is -0.454 e. The molecular weight excluding hydrogens is 340 g/mol. The lowest BCUT2D eigenvalue weighted by molar-refractivity contribution is -0.151. The number of likely N-dealkylation sites (tertiary alicyclic amines) is 1. The fraction of sp³-hybridized carbons (Fsp3) is 0.500. The minimum atomic E-state index is -0.792. The lowest BCUT2D eigenvalue weighted by atomic mass is 9.64. The maximum absolute atomic E-state index is 11.7. The summed E-state index contributed by atoms with van der Waals surface area (Å²) in [7, 11) is 0. The largest absolute Gasteiger partial charge is 0.454 e. The molecule has 1 aliphatic carbocycles. The fourth-order valence-corrected chi connectivity index (χ4v) is 5.19. The molecule has 0 unspecified atom stereocenters. The summed E-state index contributed by atoms with van der Waals surface area (Å²) in [5.74, 6) is 2.15. The Kier molecular flexibility index (Phi) is 4.10. The summed E-state index contributed by atoms with van der Waals surface area (Å²) in [4.78, 5) is 7.02. The third-order valence-corrected chi connectivity index (χ3v) is 6.61. The first-order valence-corrected chi connectivity index (χ1v) is 9.90. The van der Waals surface area contributed by atoms with Gasteiger partial charge in [0.2, 0.25) is 6.79 Å². The molecule has 2 fully saturated rings. The van der Waals surface area contributed by atoms with Crippen LogP contribution in [0.2, 0.25) is 0 Å². The van der Waals surface area contributed by atoms with Gasteiger partial charge in [0.25, 0.3) is 0 Å². The molecule has 3 heterocycles. The first-order valence-electron chi connectivity index (χ1n) is 9.90. The summed E-state index contributed by atoms with van der Waals surface area (Å²) in [5, 5.41) is 11.7. The van der Waals surface area contributed by atoms with Crippen molar-refractivity contribution >= 4 is 0 Å². The van der Waals surface area contributed by atoms with Gasteiger partial charge in [0.1, 0.15) is 5.60 Å². The van der Waals surface area contributed by atoms with Gasteiger partial charge in [0.05, 0.1) is 5.69 Å². The van der Waals surface area contributed by atoms with Gasteiger partial charge in [-0.05, 0) is 55.2 Å².